The minimum absolute atomic E-state index is 0.0484. The van der Waals surface area contributed by atoms with E-state index in [2.05, 4.69) is 34.4 Å². The van der Waals surface area contributed by atoms with Crippen molar-refractivity contribution in [3.63, 3.8) is 0 Å². The van der Waals surface area contributed by atoms with Gasteiger partial charge >= 0.3 is 0 Å². The molecule has 2 aliphatic heterocycles. The number of amides is 2. The fourth-order valence-corrected chi connectivity index (χ4v) is 4.11. The van der Waals surface area contributed by atoms with Gasteiger partial charge in [0.15, 0.2) is 0 Å². The number of hydrogen-bond donors (Lipinski definition) is 2. The van der Waals surface area contributed by atoms with Crippen LogP contribution in [0.15, 0.2) is 36.5 Å². The van der Waals surface area contributed by atoms with E-state index in [-0.39, 0.29) is 24.0 Å². The number of ether oxygens (including phenoxy) is 2. The van der Waals surface area contributed by atoms with Gasteiger partial charge in [-0.05, 0) is 62.6 Å². The van der Waals surface area contributed by atoms with Crippen LogP contribution in [-0.4, -0.2) is 48.7 Å². The maximum absolute atomic E-state index is 12.3. The zero-order valence-electron chi connectivity index (χ0n) is 18.6. The Kier molecular flexibility index (Phi) is 6.90. The SMILES string of the molecule is CC1CN(c2ccc(NC(=O)CCCOc3ccc4c(c3)CCC(=O)N4)cn2)CC(C)O1. The number of hydrogen-bond acceptors (Lipinski definition) is 6. The van der Waals surface area contributed by atoms with E-state index >= 15 is 0 Å². The summed E-state index contributed by atoms with van der Waals surface area (Å²) in [4.78, 5) is 30.4. The maximum atomic E-state index is 12.3. The van der Waals surface area contributed by atoms with Crippen LogP contribution in [0, 0.1) is 0 Å². The second-order valence-electron chi connectivity index (χ2n) is 8.43. The third kappa shape index (κ3) is 5.76. The van der Waals surface area contributed by atoms with Crippen molar-refractivity contribution >= 4 is 29.0 Å². The summed E-state index contributed by atoms with van der Waals surface area (Å²) in [5, 5.41) is 5.75. The molecule has 2 aromatic rings. The summed E-state index contributed by atoms with van der Waals surface area (Å²) in [5.74, 6) is 1.63. The highest BCUT2D eigenvalue weighted by Crippen LogP contribution is 2.27. The lowest BCUT2D eigenvalue weighted by Crippen LogP contribution is -2.45. The maximum Gasteiger partial charge on any atom is 0.224 e. The smallest absolute Gasteiger partial charge is 0.224 e. The molecule has 2 aliphatic rings. The molecular formula is C24H30N4O4. The van der Waals surface area contributed by atoms with E-state index in [1.165, 1.54) is 0 Å². The van der Waals surface area contributed by atoms with Crippen LogP contribution in [0.25, 0.3) is 0 Å². The first-order chi connectivity index (χ1) is 15.5. The molecule has 1 aromatic carbocycles. The van der Waals surface area contributed by atoms with Crippen molar-refractivity contribution in [1.29, 1.82) is 0 Å². The highest BCUT2D eigenvalue weighted by atomic mass is 16.5. The molecule has 4 rings (SSSR count). The molecule has 1 saturated heterocycles. The minimum atomic E-state index is -0.0649. The van der Waals surface area contributed by atoms with Crippen molar-refractivity contribution in [1.82, 2.24) is 4.98 Å². The second kappa shape index (κ2) is 9.99. The molecule has 2 N–H and O–H groups in total. The lowest BCUT2D eigenvalue weighted by Gasteiger charge is -2.36. The van der Waals surface area contributed by atoms with Crippen molar-refractivity contribution in [2.45, 2.75) is 51.7 Å². The minimum Gasteiger partial charge on any atom is -0.494 e. The van der Waals surface area contributed by atoms with Crippen molar-refractivity contribution in [2.24, 2.45) is 0 Å². The largest absolute Gasteiger partial charge is 0.494 e. The van der Waals surface area contributed by atoms with Crippen LogP contribution in [0.4, 0.5) is 17.2 Å². The Morgan fingerprint density at radius 3 is 2.78 bits per heavy atom. The van der Waals surface area contributed by atoms with Gasteiger partial charge in [0.25, 0.3) is 0 Å². The van der Waals surface area contributed by atoms with Crippen LogP contribution < -0.4 is 20.3 Å². The first-order valence-corrected chi connectivity index (χ1v) is 11.2. The molecule has 2 amide bonds. The number of carbonyl (C=O) groups is 2. The summed E-state index contributed by atoms with van der Waals surface area (Å²) < 4.78 is 11.5. The lowest BCUT2D eigenvalue weighted by molar-refractivity contribution is -0.117. The molecular weight excluding hydrogens is 408 g/mol. The van der Waals surface area contributed by atoms with E-state index in [4.69, 9.17) is 9.47 Å². The number of fused-ring (bicyclic) bond motifs is 1. The molecule has 1 fully saturated rings. The Balaban J connectivity index is 1.19. The standard InChI is InChI=1S/C24H30N4O4/c1-16-14-28(15-17(2)32-16)22-9-6-19(13-25-22)26-23(29)4-3-11-31-20-7-8-21-18(12-20)5-10-24(30)27-21/h6-9,12-13,16-17H,3-5,10-11,14-15H2,1-2H3,(H,26,29)(H,27,30). The van der Waals surface area contributed by atoms with Gasteiger partial charge in [0.1, 0.15) is 11.6 Å². The fraction of sp³-hybridized carbons (Fsp3) is 0.458. The lowest BCUT2D eigenvalue weighted by atomic mass is 10.0. The van der Waals surface area contributed by atoms with Gasteiger partial charge < -0.3 is 25.0 Å². The van der Waals surface area contributed by atoms with E-state index in [0.29, 0.717) is 31.6 Å². The molecule has 0 saturated carbocycles. The van der Waals surface area contributed by atoms with Crippen LogP contribution in [0.3, 0.4) is 0 Å². The van der Waals surface area contributed by atoms with E-state index in [0.717, 1.165) is 42.3 Å². The van der Waals surface area contributed by atoms with E-state index in [9.17, 15) is 9.59 Å². The van der Waals surface area contributed by atoms with Crippen molar-refractivity contribution < 1.29 is 19.1 Å². The number of rotatable bonds is 7. The summed E-state index contributed by atoms with van der Waals surface area (Å²) in [7, 11) is 0. The zero-order valence-corrected chi connectivity index (χ0v) is 18.6. The number of nitrogens with one attached hydrogen (secondary N) is 2. The van der Waals surface area contributed by atoms with Gasteiger partial charge in [-0.1, -0.05) is 0 Å². The number of aromatic nitrogens is 1. The third-order valence-corrected chi connectivity index (χ3v) is 5.56. The van der Waals surface area contributed by atoms with Gasteiger partial charge in [-0.15, -0.1) is 0 Å². The molecule has 2 unspecified atom stereocenters. The number of carbonyl (C=O) groups excluding carboxylic acids is 2. The molecule has 0 bridgehead atoms. The molecule has 8 heteroatoms. The fourth-order valence-electron chi connectivity index (χ4n) is 4.11. The number of anilines is 3. The van der Waals surface area contributed by atoms with E-state index in [1.807, 2.05) is 30.3 Å². The van der Waals surface area contributed by atoms with Crippen LogP contribution in [0.2, 0.25) is 0 Å². The normalized spacial score (nSPS) is 20.3. The molecule has 0 spiro atoms. The third-order valence-electron chi connectivity index (χ3n) is 5.56. The Morgan fingerprint density at radius 1 is 1.22 bits per heavy atom. The predicted molar refractivity (Wildman–Crippen MR) is 123 cm³/mol. The highest BCUT2D eigenvalue weighted by molar-refractivity contribution is 5.94. The van der Waals surface area contributed by atoms with Crippen molar-refractivity contribution in [3.05, 3.63) is 42.1 Å². The number of pyridine rings is 1. The van der Waals surface area contributed by atoms with Gasteiger partial charge in [0.05, 0.1) is 30.7 Å². The first-order valence-electron chi connectivity index (χ1n) is 11.2. The van der Waals surface area contributed by atoms with Crippen LogP contribution in [0.5, 0.6) is 5.75 Å². The van der Waals surface area contributed by atoms with Crippen LogP contribution in [-0.2, 0) is 20.7 Å². The summed E-state index contributed by atoms with van der Waals surface area (Å²) in [5.41, 5.74) is 2.62. The monoisotopic (exact) mass is 438 g/mol. The van der Waals surface area contributed by atoms with Crippen LogP contribution in [0.1, 0.15) is 38.7 Å². The Hall–Kier alpha value is -3.13. The quantitative estimate of drug-likeness (QED) is 0.644. The predicted octanol–water partition coefficient (Wildman–Crippen LogP) is 3.38. The van der Waals surface area contributed by atoms with Gasteiger partial charge in [0.2, 0.25) is 11.8 Å². The van der Waals surface area contributed by atoms with Gasteiger partial charge in [-0.3, -0.25) is 9.59 Å². The van der Waals surface area contributed by atoms with Crippen LogP contribution >= 0.6 is 0 Å². The number of benzene rings is 1. The second-order valence-corrected chi connectivity index (χ2v) is 8.43. The Bertz CT molecular complexity index is 953. The molecule has 8 nitrogen and oxygen atoms in total. The van der Waals surface area contributed by atoms with Gasteiger partial charge in [0, 0.05) is 31.6 Å². The van der Waals surface area contributed by atoms with E-state index < -0.39 is 0 Å². The van der Waals surface area contributed by atoms with Crippen molar-refractivity contribution in [3.8, 4) is 5.75 Å². The number of nitrogens with zero attached hydrogens (tertiary/aromatic N) is 2. The number of aryl methyl sites for hydroxylation is 1. The summed E-state index contributed by atoms with van der Waals surface area (Å²) in [6.07, 6.45) is 4.22. The molecule has 170 valence electrons. The Labute approximate surface area is 188 Å². The highest BCUT2D eigenvalue weighted by Gasteiger charge is 2.23. The molecule has 0 aliphatic carbocycles. The Morgan fingerprint density at radius 2 is 2.03 bits per heavy atom. The summed E-state index contributed by atoms with van der Waals surface area (Å²) in [6.45, 7) is 6.19. The number of morpholine rings is 1. The average Bonchev–Trinajstić information content (AvgIpc) is 2.76. The van der Waals surface area contributed by atoms with Gasteiger partial charge in [-0.2, -0.15) is 0 Å². The molecule has 1 aromatic heterocycles. The van der Waals surface area contributed by atoms with Crippen molar-refractivity contribution in [2.75, 3.05) is 35.2 Å². The summed E-state index contributed by atoms with van der Waals surface area (Å²) in [6, 6.07) is 9.48. The van der Waals surface area contributed by atoms with Gasteiger partial charge in [-0.25, -0.2) is 4.98 Å². The zero-order chi connectivity index (χ0) is 22.5. The topological polar surface area (TPSA) is 92.8 Å². The molecule has 0 radical (unpaired) electrons. The molecule has 2 atom stereocenters. The molecule has 3 heterocycles. The average molecular weight is 439 g/mol. The molecule has 32 heavy (non-hydrogen) atoms. The summed E-state index contributed by atoms with van der Waals surface area (Å²) >= 11 is 0. The van der Waals surface area contributed by atoms with E-state index in [1.54, 1.807) is 6.20 Å². The first kappa shape index (κ1) is 22.1.